The molecule has 0 fully saturated rings. The molecule has 0 aromatic carbocycles. The number of ether oxygens (including phenoxy) is 1. The zero-order valence-corrected chi connectivity index (χ0v) is 10.6. The van der Waals surface area contributed by atoms with E-state index >= 15 is 0 Å². The van der Waals surface area contributed by atoms with Crippen LogP contribution < -0.4 is 0 Å². The average Bonchev–Trinajstić information content (AvgIpc) is 2.15. The number of rotatable bonds is 7. The predicted molar refractivity (Wildman–Crippen MR) is 65.4 cm³/mol. The Morgan fingerprint density at radius 1 is 1.29 bits per heavy atom. The summed E-state index contributed by atoms with van der Waals surface area (Å²) in [6, 6.07) is 0. The number of Topliss-reactive ketones (excluding diaryl/α,β-unsaturated/α-hetero) is 1. The van der Waals surface area contributed by atoms with Crippen LogP contribution in [0.25, 0.3) is 0 Å². The van der Waals surface area contributed by atoms with E-state index in [9.17, 15) is 14.7 Å². The number of ketones is 1. The van der Waals surface area contributed by atoms with Crippen molar-refractivity contribution in [1.82, 2.24) is 0 Å². The number of hydrogen-bond donors (Lipinski definition) is 1. The van der Waals surface area contributed by atoms with Crippen LogP contribution in [0, 0.1) is 0 Å². The number of aliphatic hydroxyl groups excluding tert-OH is 1. The first-order chi connectivity index (χ1) is 7.95. The maximum Gasteiger partial charge on any atom is 0.313 e. The summed E-state index contributed by atoms with van der Waals surface area (Å²) in [5.41, 5.74) is 0. The highest BCUT2D eigenvalue weighted by Crippen LogP contribution is 2.01. The molecule has 0 aliphatic carbocycles. The summed E-state index contributed by atoms with van der Waals surface area (Å²) in [4.78, 5) is 22.5. The third kappa shape index (κ3) is 9.51. The first kappa shape index (κ1) is 15.6. The lowest BCUT2D eigenvalue weighted by molar-refractivity contribution is -0.149. The van der Waals surface area contributed by atoms with E-state index in [4.69, 9.17) is 4.74 Å². The van der Waals surface area contributed by atoms with E-state index in [1.807, 2.05) is 13.0 Å². The molecule has 0 aliphatic heterocycles. The number of esters is 1. The van der Waals surface area contributed by atoms with E-state index in [0.29, 0.717) is 0 Å². The van der Waals surface area contributed by atoms with Crippen molar-refractivity contribution in [2.45, 2.75) is 45.8 Å². The number of allylic oxidation sites excluding steroid dienone is 3. The molecule has 1 atom stereocenters. The van der Waals surface area contributed by atoms with Gasteiger partial charge in [-0.25, -0.2) is 0 Å². The van der Waals surface area contributed by atoms with Crippen LogP contribution in [0.5, 0.6) is 0 Å². The van der Waals surface area contributed by atoms with Gasteiger partial charge in [0.15, 0.2) is 0 Å². The predicted octanol–water partition coefficient (Wildman–Crippen LogP) is 1.78. The molecule has 0 radical (unpaired) electrons. The molecule has 0 saturated carbocycles. The van der Waals surface area contributed by atoms with E-state index in [-0.39, 0.29) is 24.7 Å². The van der Waals surface area contributed by atoms with E-state index in [1.165, 1.54) is 6.08 Å². The van der Waals surface area contributed by atoms with Gasteiger partial charge in [0, 0.05) is 6.42 Å². The van der Waals surface area contributed by atoms with Crippen molar-refractivity contribution >= 4 is 11.8 Å². The van der Waals surface area contributed by atoms with Crippen molar-refractivity contribution in [3.63, 3.8) is 0 Å². The number of carbonyl (C=O) groups is 2. The highest BCUT2D eigenvalue weighted by atomic mass is 16.5. The third-order valence-electron chi connectivity index (χ3n) is 1.78. The number of aliphatic hydroxyl groups is 1. The Balaban J connectivity index is 3.97. The number of hydrogen-bond acceptors (Lipinski definition) is 4. The maximum absolute atomic E-state index is 11.4. The minimum Gasteiger partial charge on any atom is -0.463 e. The molecular weight excluding hydrogens is 220 g/mol. The molecule has 0 rings (SSSR count). The summed E-state index contributed by atoms with van der Waals surface area (Å²) >= 11 is 0. The van der Waals surface area contributed by atoms with Gasteiger partial charge in [-0.1, -0.05) is 24.3 Å². The fraction of sp³-hybridized carbons (Fsp3) is 0.538. The molecule has 96 valence electrons. The molecule has 4 nitrogen and oxygen atoms in total. The first-order valence-corrected chi connectivity index (χ1v) is 5.64. The van der Waals surface area contributed by atoms with E-state index in [2.05, 4.69) is 0 Å². The monoisotopic (exact) mass is 240 g/mol. The van der Waals surface area contributed by atoms with Gasteiger partial charge in [0.2, 0.25) is 0 Å². The molecule has 1 unspecified atom stereocenters. The molecule has 1 N–H and O–H groups in total. The Morgan fingerprint density at radius 3 is 2.47 bits per heavy atom. The minimum atomic E-state index is -0.856. The van der Waals surface area contributed by atoms with Crippen LogP contribution >= 0.6 is 0 Å². The van der Waals surface area contributed by atoms with Gasteiger partial charge >= 0.3 is 5.97 Å². The van der Waals surface area contributed by atoms with Crippen molar-refractivity contribution < 1.29 is 19.4 Å². The second-order valence-corrected chi connectivity index (χ2v) is 3.94. The van der Waals surface area contributed by atoms with Crippen molar-refractivity contribution in [3.8, 4) is 0 Å². The zero-order chi connectivity index (χ0) is 13.3. The largest absolute Gasteiger partial charge is 0.463 e. The van der Waals surface area contributed by atoms with Crippen LogP contribution in [0.1, 0.15) is 33.6 Å². The smallest absolute Gasteiger partial charge is 0.313 e. The summed E-state index contributed by atoms with van der Waals surface area (Å²) in [5.74, 6) is -0.872. The van der Waals surface area contributed by atoms with Crippen LogP contribution in [-0.2, 0) is 14.3 Å². The van der Waals surface area contributed by atoms with Gasteiger partial charge in [-0.15, -0.1) is 0 Å². The molecule has 0 spiro atoms. The quantitative estimate of drug-likeness (QED) is 0.418. The van der Waals surface area contributed by atoms with Crippen LogP contribution in [0.2, 0.25) is 0 Å². The van der Waals surface area contributed by atoms with Gasteiger partial charge in [-0.05, 0) is 20.8 Å². The molecule has 0 heterocycles. The average molecular weight is 240 g/mol. The first-order valence-electron chi connectivity index (χ1n) is 5.64. The van der Waals surface area contributed by atoms with Gasteiger partial charge < -0.3 is 9.84 Å². The maximum atomic E-state index is 11.4. The topological polar surface area (TPSA) is 63.6 Å². The second-order valence-electron chi connectivity index (χ2n) is 3.94. The summed E-state index contributed by atoms with van der Waals surface area (Å²) in [6.45, 7) is 5.29. The van der Waals surface area contributed by atoms with Crippen LogP contribution in [0.15, 0.2) is 24.3 Å². The molecule has 0 aliphatic rings. The summed E-state index contributed by atoms with van der Waals surface area (Å²) in [6.07, 6.45) is 5.29. The van der Waals surface area contributed by atoms with Crippen molar-refractivity contribution in [2.24, 2.45) is 0 Å². The third-order valence-corrected chi connectivity index (χ3v) is 1.78. The Morgan fingerprint density at radius 2 is 1.94 bits per heavy atom. The highest BCUT2D eigenvalue weighted by molar-refractivity contribution is 5.95. The molecule has 0 saturated heterocycles. The van der Waals surface area contributed by atoms with Crippen LogP contribution in [0.3, 0.4) is 0 Å². The summed E-state index contributed by atoms with van der Waals surface area (Å²) in [7, 11) is 0. The molecule has 0 amide bonds. The summed E-state index contributed by atoms with van der Waals surface area (Å²) < 4.78 is 4.83. The van der Waals surface area contributed by atoms with E-state index in [0.717, 1.165) is 0 Å². The van der Waals surface area contributed by atoms with Crippen LogP contribution in [0.4, 0.5) is 0 Å². The molecule has 4 heteroatoms. The number of carbonyl (C=O) groups excluding carboxylic acids is 2. The summed E-state index contributed by atoms with van der Waals surface area (Å²) in [5, 5.41) is 9.45. The Bertz CT molecular complexity index is 303. The van der Waals surface area contributed by atoms with Crippen LogP contribution in [-0.4, -0.2) is 29.1 Å². The van der Waals surface area contributed by atoms with Crippen molar-refractivity contribution in [1.29, 1.82) is 0 Å². The fourth-order valence-electron chi connectivity index (χ4n) is 1.14. The molecule has 0 aromatic heterocycles. The fourth-order valence-corrected chi connectivity index (χ4v) is 1.14. The van der Waals surface area contributed by atoms with E-state index < -0.39 is 12.1 Å². The molecule has 0 aromatic rings. The Labute approximate surface area is 102 Å². The zero-order valence-electron chi connectivity index (χ0n) is 10.6. The van der Waals surface area contributed by atoms with Gasteiger partial charge in [-0.2, -0.15) is 0 Å². The Kier molecular flexibility index (Phi) is 7.97. The van der Waals surface area contributed by atoms with Crippen molar-refractivity contribution in [3.05, 3.63) is 24.3 Å². The normalized spacial score (nSPS) is 13.5. The van der Waals surface area contributed by atoms with Gasteiger partial charge in [-0.3, -0.25) is 9.59 Å². The Hall–Kier alpha value is -1.42. The highest BCUT2D eigenvalue weighted by Gasteiger charge is 2.14. The van der Waals surface area contributed by atoms with E-state index in [1.54, 1.807) is 26.0 Å². The van der Waals surface area contributed by atoms with Gasteiger partial charge in [0.1, 0.15) is 12.2 Å². The standard InChI is InChI=1S/C13H20O4/c1-4-5-6-7-11(14)8-12(15)9-13(16)17-10(2)3/h4-7,10-11,14H,8-9H2,1-3H3. The van der Waals surface area contributed by atoms with Gasteiger partial charge in [0.05, 0.1) is 12.2 Å². The van der Waals surface area contributed by atoms with Crippen molar-refractivity contribution in [2.75, 3.05) is 0 Å². The molecular formula is C13H20O4. The lowest BCUT2D eigenvalue weighted by Gasteiger charge is -2.08. The molecule has 0 bridgehead atoms. The second kappa shape index (κ2) is 8.70. The molecule has 17 heavy (non-hydrogen) atoms. The lowest BCUT2D eigenvalue weighted by atomic mass is 10.1. The SMILES string of the molecule is CC=CC=CC(O)CC(=O)CC(=O)OC(C)C. The van der Waals surface area contributed by atoms with Gasteiger partial charge in [0.25, 0.3) is 0 Å². The lowest BCUT2D eigenvalue weighted by Crippen LogP contribution is -2.18. The minimum absolute atomic E-state index is 0.0682.